The Morgan fingerprint density at radius 1 is 1.69 bits per heavy atom. The lowest BCUT2D eigenvalue weighted by Crippen LogP contribution is -2.26. The molecule has 3 nitrogen and oxygen atoms in total. The van der Waals surface area contributed by atoms with E-state index in [1.807, 2.05) is 13.8 Å². The molecular weight excluding hydrogens is 224 g/mol. The molecule has 0 amide bonds. The van der Waals surface area contributed by atoms with Crippen molar-refractivity contribution in [2.75, 3.05) is 0 Å². The van der Waals surface area contributed by atoms with Gasteiger partial charge in [-0.1, -0.05) is 13.8 Å². The number of carbonyl (C=O) groups excluding carboxylic acids is 1. The summed E-state index contributed by atoms with van der Waals surface area (Å²) in [7, 11) is 2.53. The molecule has 0 aromatic carbocycles. The molecule has 1 aromatic heterocycles. The maximum atomic E-state index is 11.7. The van der Waals surface area contributed by atoms with Crippen molar-refractivity contribution in [3.8, 4) is 0 Å². The lowest BCUT2D eigenvalue weighted by molar-refractivity contribution is 0.0837. The third-order valence-corrected chi connectivity index (χ3v) is 4.53. The van der Waals surface area contributed by atoms with Crippen molar-refractivity contribution in [1.29, 1.82) is 5.41 Å². The number of rotatable bonds is 2. The summed E-state index contributed by atoms with van der Waals surface area (Å²) in [5.41, 5.74) is 0. The van der Waals surface area contributed by atoms with Gasteiger partial charge in [0.15, 0.2) is 3.95 Å². The van der Waals surface area contributed by atoms with E-state index in [0.717, 1.165) is 6.42 Å². The maximum Gasteiger partial charge on any atom is 0.237 e. The van der Waals surface area contributed by atoms with E-state index in [4.69, 9.17) is 17.6 Å². The van der Waals surface area contributed by atoms with Gasteiger partial charge in [0.1, 0.15) is 0 Å². The molecule has 0 saturated carbocycles. The van der Waals surface area contributed by atoms with Crippen molar-refractivity contribution in [2.45, 2.75) is 20.3 Å². The van der Waals surface area contributed by atoms with Crippen LogP contribution in [0.3, 0.4) is 0 Å². The minimum Gasteiger partial charge on any atom is -0.274 e. The summed E-state index contributed by atoms with van der Waals surface area (Å²) in [6.45, 7) is 3.80. The van der Waals surface area contributed by atoms with Crippen LogP contribution in [0.4, 0.5) is 0 Å². The minimum absolute atomic E-state index is 0.0578. The molecule has 6 heteroatoms. The Morgan fingerprint density at radius 3 is 2.69 bits per heavy atom. The summed E-state index contributed by atoms with van der Waals surface area (Å²) in [6, 6.07) is 0. The highest BCUT2D eigenvalue weighted by Crippen LogP contribution is 2.09. The first-order valence-corrected chi connectivity index (χ1v) is 6.44. The fourth-order valence-corrected chi connectivity index (χ4v) is 2.98. The molecule has 13 heavy (non-hydrogen) atoms. The first-order chi connectivity index (χ1) is 6.07. The first kappa shape index (κ1) is 10.7. The van der Waals surface area contributed by atoms with E-state index in [1.54, 1.807) is 0 Å². The van der Waals surface area contributed by atoms with Crippen LogP contribution in [0.25, 0.3) is 0 Å². The van der Waals surface area contributed by atoms with Crippen molar-refractivity contribution in [3.63, 3.8) is 0 Å². The number of aromatic nitrogens is 1. The smallest absolute Gasteiger partial charge is 0.237 e. The van der Waals surface area contributed by atoms with Crippen LogP contribution in [-0.2, 0) is 0 Å². The summed E-state index contributed by atoms with van der Waals surface area (Å²) in [5.74, 6) is -0.118. The van der Waals surface area contributed by atoms with Gasteiger partial charge >= 0.3 is 0 Å². The van der Waals surface area contributed by atoms with Crippen LogP contribution >= 0.6 is 32.9 Å². The monoisotopic (exact) mass is 234 g/mol. The zero-order valence-corrected chi connectivity index (χ0v) is 9.81. The van der Waals surface area contributed by atoms with Crippen LogP contribution < -0.4 is 4.80 Å². The maximum absolute atomic E-state index is 11.7. The number of hydrogen-bond acceptors (Lipinski definition) is 5. The summed E-state index contributed by atoms with van der Waals surface area (Å²) in [6.07, 6.45) is 0.778. The summed E-state index contributed by atoms with van der Waals surface area (Å²) >= 11 is 4.97. The van der Waals surface area contributed by atoms with E-state index in [9.17, 15) is 4.79 Å². The molecule has 1 heterocycles. The Bertz CT molecular complexity index is 386. The van der Waals surface area contributed by atoms with E-state index in [0.29, 0.717) is 3.95 Å². The molecule has 0 aliphatic carbocycles. The largest absolute Gasteiger partial charge is 0.274 e. The van der Waals surface area contributed by atoms with Gasteiger partial charge in [-0.3, -0.25) is 10.2 Å². The second-order valence-electron chi connectivity index (χ2n) is 2.72. The predicted molar refractivity (Wildman–Crippen MR) is 57.0 cm³/mol. The van der Waals surface area contributed by atoms with Gasteiger partial charge in [0.2, 0.25) is 10.7 Å². The van der Waals surface area contributed by atoms with Gasteiger partial charge in [-0.15, -0.1) is 0 Å². The van der Waals surface area contributed by atoms with Gasteiger partial charge in [-0.05, 0) is 39.3 Å². The highest BCUT2D eigenvalue weighted by Gasteiger charge is 2.15. The zero-order chi connectivity index (χ0) is 10.0. The molecule has 1 N–H and O–H groups in total. The first-order valence-electron chi connectivity index (χ1n) is 3.89. The lowest BCUT2D eigenvalue weighted by Gasteiger charge is -2.06. The highest BCUT2D eigenvalue weighted by atomic mass is 32.9. The number of nitrogens with one attached hydrogen (secondary N) is 1. The average Bonchev–Trinajstić information content (AvgIpc) is 2.44. The normalized spacial score (nSPS) is 12.8. The third kappa shape index (κ3) is 2.12. The molecule has 0 radical (unpaired) electrons. The predicted octanol–water partition coefficient (Wildman–Crippen LogP) is 2.51. The van der Waals surface area contributed by atoms with E-state index >= 15 is 0 Å². The molecule has 0 saturated heterocycles. The van der Waals surface area contributed by atoms with Crippen LogP contribution in [0.5, 0.6) is 0 Å². The molecule has 1 rings (SSSR count). The van der Waals surface area contributed by atoms with Gasteiger partial charge in [-0.25, -0.2) is 4.57 Å². The Morgan fingerprint density at radius 2 is 2.31 bits per heavy atom. The molecule has 72 valence electrons. The fourth-order valence-electron chi connectivity index (χ4n) is 0.818. The summed E-state index contributed by atoms with van der Waals surface area (Å²) in [5, 5.41) is 7.49. The molecule has 0 spiro atoms. The van der Waals surface area contributed by atoms with E-state index < -0.39 is 0 Å². The fraction of sp³-hybridized carbons (Fsp3) is 0.571. The Labute approximate surface area is 88.6 Å². The van der Waals surface area contributed by atoms with Gasteiger partial charge in [0, 0.05) is 5.92 Å². The average molecular weight is 234 g/mol. The van der Waals surface area contributed by atoms with Crippen molar-refractivity contribution < 1.29 is 4.79 Å². The molecule has 1 atom stereocenters. The molecule has 0 aliphatic heterocycles. The third-order valence-electron chi connectivity index (χ3n) is 1.83. The lowest BCUT2D eigenvalue weighted by atomic mass is 10.1. The van der Waals surface area contributed by atoms with Crippen molar-refractivity contribution in [2.24, 2.45) is 5.92 Å². The number of carbonyl (C=O) groups is 1. The van der Waals surface area contributed by atoms with Crippen LogP contribution in [-0.4, -0.2) is 10.5 Å². The Balaban J connectivity index is 3.16. The molecule has 0 fully saturated rings. The molecule has 0 bridgehead atoms. The van der Waals surface area contributed by atoms with Gasteiger partial charge in [0.05, 0.1) is 0 Å². The van der Waals surface area contributed by atoms with E-state index in [2.05, 4.69) is 0 Å². The van der Waals surface area contributed by atoms with Gasteiger partial charge < -0.3 is 0 Å². The van der Waals surface area contributed by atoms with E-state index in [1.165, 1.54) is 25.2 Å². The van der Waals surface area contributed by atoms with Gasteiger partial charge in [-0.2, -0.15) is 0 Å². The topological polar surface area (TPSA) is 45.9 Å². The number of nitrogens with zero attached hydrogens (tertiary/aromatic N) is 1. The Kier molecular flexibility index (Phi) is 3.52. The second kappa shape index (κ2) is 4.26. The quantitative estimate of drug-likeness (QED) is 0.631. The molecular formula is C7H10N2OS3. The van der Waals surface area contributed by atoms with Crippen molar-refractivity contribution in [1.82, 2.24) is 4.57 Å². The van der Waals surface area contributed by atoms with Crippen molar-refractivity contribution >= 4 is 38.8 Å². The zero-order valence-electron chi connectivity index (χ0n) is 7.36. The van der Waals surface area contributed by atoms with Gasteiger partial charge in [0.25, 0.3) is 0 Å². The summed E-state index contributed by atoms with van der Waals surface area (Å²) in [4.78, 5) is 11.9. The van der Waals surface area contributed by atoms with Crippen LogP contribution in [0.2, 0.25) is 0 Å². The molecule has 1 aromatic rings. The molecule has 1 unspecified atom stereocenters. The van der Waals surface area contributed by atoms with Crippen LogP contribution in [0.1, 0.15) is 25.1 Å². The standard InChI is InChI=1S/C7H10N2OS3/c1-3-4(2)5(10)9-6(8)12-13-7(9)11/h4,8H,3H2,1-2H3. The van der Waals surface area contributed by atoms with E-state index in [-0.39, 0.29) is 16.6 Å². The Hall–Kier alpha value is -0.330. The number of hydrogen-bond donors (Lipinski definition) is 1. The van der Waals surface area contributed by atoms with Crippen LogP contribution in [0, 0.1) is 15.3 Å². The summed E-state index contributed by atoms with van der Waals surface area (Å²) < 4.78 is 1.80. The van der Waals surface area contributed by atoms with Crippen LogP contribution in [0.15, 0.2) is 0 Å². The second-order valence-corrected chi connectivity index (χ2v) is 5.47. The SMILES string of the molecule is CCC(C)C(=O)n1c(=N)ssc1=S. The van der Waals surface area contributed by atoms with Crippen molar-refractivity contribution in [3.05, 3.63) is 8.76 Å². The molecule has 0 aliphatic rings. The highest BCUT2D eigenvalue weighted by molar-refractivity contribution is 7.79. The minimum atomic E-state index is -0.0602.